The van der Waals surface area contributed by atoms with E-state index in [4.69, 9.17) is 28.2 Å². The molecule has 9 nitrogen and oxygen atoms in total. The molecule has 0 saturated heterocycles. The molecule has 12 heteroatoms. The topological polar surface area (TPSA) is 147 Å². The Morgan fingerprint density at radius 3 is 2.63 bits per heavy atom. The van der Waals surface area contributed by atoms with Gasteiger partial charge < -0.3 is 26.9 Å². The van der Waals surface area contributed by atoms with Crippen LogP contribution < -0.4 is 22.5 Å². The number of hydrogen-bond donors (Lipinski definition) is 5. The third-order valence-corrected chi connectivity index (χ3v) is 6.94. The van der Waals surface area contributed by atoms with E-state index in [0.717, 1.165) is 24.0 Å². The van der Waals surface area contributed by atoms with Gasteiger partial charge in [0.2, 0.25) is 0 Å². The van der Waals surface area contributed by atoms with E-state index in [1.54, 1.807) is 24.4 Å². The van der Waals surface area contributed by atoms with Gasteiger partial charge in [0.05, 0.1) is 23.0 Å². The Labute approximate surface area is 254 Å². The molecule has 0 spiro atoms. The second-order valence-corrected chi connectivity index (χ2v) is 10.3. The third-order valence-electron chi connectivity index (χ3n) is 6.67. The highest BCUT2D eigenvalue weighted by molar-refractivity contribution is 6.31. The van der Waals surface area contributed by atoms with E-state index in [-0.39, 0.29) is 29.1 Å². The highest BCUT2D eigenvalue weighted by Gasteiger charge is 2.16. The fraction of sp³-hybridized carbons (Fsp3) is 0.323. The molecule has 2 heterocycles. The van der Waals surface area contributed by atoms with Gasteiger partial charge in [-0.3, -0.25) is 9.56 Å². The van der Waals surface area contributed by atoms with Gasteiger partial charge in [-0.2, -0.15) is 4.98 Å². The first-order valence-electron chi connectivity index (χ1n) is 13.9. The zero-order valence-electron chi connectivity index (χ0n) is 24.0. The molecule has 1 atom stereocenters. The Kier molecular flexibility index (Phi) is 13.0. The Bertz CT molecular complexity index is 1570. The van der Waals surface area contributed by atoms with Crippen LogP contribution in [0.5, 0.6) is 0 Å². The molecule has 0 aliphatic heterocycles. The second-order valence-electron chi connectivity index (χ2n) is 9.86. The number of amidine groups is 1. The molecule has 4 aromatic rings. The van der Waals surface area contributed by atoms with Crippen molar-refractivity contribution in [1.29, 1.82) is 0 Å². The molecule has 0 amide bonds. The molecule has 4 rings (SSSR count). The van der Waals surface area contributed by atoms with Crippen molar-refractivity contribution in [3.63, 3.8) is 0 Å². The lowest BCUT2D eigenvalue weighted by atomic mass is 10.0. The maximum absolute atomic E-state index is 15.0. The Hall–Kier alpha value is -3.90. The Morgan fingerprint density at radius 2 is 1.93 bits per heavy atom. The van der Waals surface area contributed by atoms with Crippen molar-refractivity contribution in [3.8, 4) is 16.9 Å². The van der Waals surface area contributed by atoms with Crippen LogP contribution in [-0.2, 0) is 13.0 Å². The standard InChI is InChI=1S/C29H34ClF2N7O2.C2H4/c30-24-12-19(3-1-4-21(33)17-40)11-23(27(24)32)25-13-20-16-39(29(41)38-28(20)37-25)22-7-5-18(6-8-22)15-35-9-2-10-36-26(34)14-31;1-2/h5-8,11-13,16,21,35,40H,1-4,9-10,14-15,17,33H2,(H2,34,36)(H,37,38,41);1-2H2. The van der Waals surface area contributed by atoms with Crippen molar-refractivity contribution in [2.24, 2.45) is 16.5 Å². The lowest BCUT2D eigenvalue weighted by molar-refractivity contribution is 0.258. The third kappa shape index (κ3) is 9.29. The highest BCUT2D eigenvalue weighted by atomic mass is 35.5. The lowest BCUT2D eigenvalue weighted by Gasteiger charge is -2.10. The minimum atomic E-state index is -0.735. The number of fused-ring (bicyclic) bond motifs is 1. The smallest absolute Gasteiger partial charge is 0.354 e. The summed E-state index contributed by atoms with van der Waals surface area (Å²) in [6.45, 7) is 6.97. The van der Waals surface area contributed by atoms with Gasteiger partial charge in [0.15, 0.2) is 5.82 Å². The van der Waals surface area contributed by atoms with Gasteiger partial charge in [-0.1, -0.05) is 23.7 Å². The van der Waals surface area contributed by atoms with E-state index < -0.39 is 18.2 Å². The van der Waals surface area contributed by atoms with Crippen LogP contribution in [0, 0.1) is 5.82 Å². The van der Waals surface area contributed by atoms with E-state index in [1.807, 2.05) is 24.3 Å². The van der Waals surface area contributed by atoms with Crippen LogP contribution in [0.1, 0.15) is 30.4 Å². The minimum Gasteiger partial charge on any atom is -0.395 e. The summed E-state index contributed by atoms with van der Waals surface area (Å²) in [6.07, 6.45) is 4.38. The number of aliphatic hydroxyl groups excluding tert-OH is 1. The average molecular weight is 614 g/mol. The number of benzene rings is 2. The van der Waals surface area contributed by atoms with Crippen molar-refractivity contribution in [2.75, 3.05) is 26.4 Å². The first-order valence-corrected chi connectivity index (χ1v) is 14.3. The van der Waals surface area contributed by atoms with E-state index in [2.05, 4.69) is 33.4 Å². The Balaban J connectivity index is 0.00000248. The number of aromatic amines is 1. The number of aliphatic hydroxyl groups is 1. The van der Waals surface area contributed by atoms with Crippen LogP contribution >= 0.6 is 11.6 Å². The number of nitrogens with zero attached hydrogens (tertiary/aromatic N) is 3. The van der Waals surface area contributed by atoms with Gasteiger partial charge in [-0.05, 0) is 73.7 Å². The normalized spacial score (nSPS) is 12.3. The summed E-state index contributed by atoms with van der Waals surface area (Å²) in [6, 6.07) is 12.2. The molecular weight excluding hydrogens is 576 g/mol. The molecular formula is C31H38ClF2N7O2. The number of aryl methyl sites for hydroxylation is 1. The zero-order valence-corrected chi connectivity index (χ0v) is 24.7. The van der Waals surface area contributed by atoms with Crippen LogP contribution in [0.2, 0.25) is 5.02 Å². The van der Waals surface area contributed by atoms with Crippen LogP contribution in [0.15, 0.2) is 71.6 Å². The summed E-state index contributed by atoms with van der Waals surface area (Å²) in [7, 11) is 0. The fourth-order valence-corrected chi connectivity index (χ4v) is 4.69. The number of aromatic nitrogens is 3. The average Bonchev–Trinajstić information content (AvgIpc) is 3.43. The predicted molar refractivity (Wildman–Crippen MR) is 170 cm³/mol. The maximum atomic E-state index is 15.0. The quantitative estimate of drug-likeness (QED) is 0.0615. The molecule has 230 valence electrons. The van der Waals surface area contributed by atoms with Crippen molar-refractivity contribution in [3.05, 3.63) is 94.3 Å². The molecule has 0 saturated carbocycles. The highest BCUT2D eigenvalue weighted by Crippen LogP contribution is 2.31. The van der Waals surface area contributed by atoms with Crippen LogP contribution in [0.25, 0.3) is 28.0 Å². The molecule has 43 heavy (non-hydrogen) atoms. The molecule has 0 bridgehead atoms. The van der Waals surface area contributed by atoms with Crippen LogP contribution in [0.3, 0.4) is 0 Å². The largest absolute Gasteiger partial charge is 0.395 e. The van der Waals surface area contributed by atoms with Gasteiger partial charge in [0.25, 0.3) is 0 Å². The number of nitrogens with one attached hydrogen (secondary N) is 2. The molecule has 2 aromatic carbocycles. The van der Waals surface area contributed by atoms with E-state index in [1.165, 1.54) is 4.57 Å². The van der Waals surface area contributed by atoms with Gasteiger partial charge in [-0.15, -0.1) is 13.2 Å². The summed E-state index contributed by atoms with van der Waals surface area (Å²) in [4.78, 5) is 24.0. The second kappa shape index (κ2) is 16.7. The summed E-state index contributed by atoms with van der Waals surface area (Å²) >= 11 is 6.20. The van der Waals surface area contributed by atoms with E-state index in [9.17, 15) is 9.18 Å². The maximum Gasteiger partial charge on any atom is 0.354 e. The van der Waals surface area contributed by atoms with Crippen LogP contribution in [-0.4, -0.2) is 57.9 Å². The number of halogens is 3. The van der Waals surface area contributed by atoms with Gasteiger partial charge in [0.1, 0.15) is 18.2 Å². The molecule has 0 aliphatic rings. The van der Waals surface area contributed by atoms with Crippen molar-refractivity contribution in [2.45, 2.75) is 38.3 Å². The number of aliphatic imine (C=N–C) groups is 1. The van der Waals surface area contributed by atoms with Gasteiger partial charge >= 0.3 is 5.69 Å². The molecule has 7 N–H and O–H groups in total. The summed E-state index contributed by atoms with van der Waals surface area (Å²) < 4.78 is 28.8. The number of rotatable bonds is 14. The summed E-state index contributed by atoms with van der Waals surface area (Å²) in [5, 5.41) is 13.1. The van der Waals surface area contributed by atoms with E-state index in [0.29, 0.717) is 54.9 Å². The summed E-state index contributed by atoms with van der Waals surface area (Å²) in [5.41, 5.74) is 14.2. The first-order chi connectivity index (χ1) is 20.8. The number of alkyl halides is 1. The first kappa shape index (κ1) is 33.6. The fourth-order valence-electron chi connectivity index (χ4n) is 4.45. The molecule has 1 unspecified atom stereocenters. The SMILES string of the molecule is C=C.NC(CF)=NCCCNCc1ccc(-n2cc3cc(-c4cc(CCCC(N)CO)cc(Cl)c4F)[nH]c3nc2=O)cc1. The van der Waals surface area contributed by atoms with Crippen molar-refractivity contribution >= 4 is 28.5 Å². The molecule has 0 aliphatic carbocycles. The molecule has 2 aromatic heterocycles. The van der Waals surface area contributed by atoms with Crippen LogP contribution in [0.4, 0.5) is 8.78 Å². The molecule has 0 radical (unpaired) electrons. The number of hydrogen-bond acceptors (Lipinski definition) is 6. The minimum absolute atomic E-state index is 0.000250. The zero-order chi connectivity index (χ0) is 31.4. The molecule has 0 fully saturated rings. The lowest BCUT2D eigenvalue weighted by Crippen LogP contribution is -2.24. The summed E-state index contributed by atoms with van der Waals surface area (Å²) in [5.74, 6) is -0.553. The predicted octanol–water partition coefficient (Wildman–Crippen LogP) is 4.42. The number of H-pyrrole nitrogens is 1. The van der Waals surface area contributed by atoms with Gasteiger partial charge in [0, 0.05) is 36.3 Å². The van der Waals surface area contributed by atoms with E-state index >= 15 is 4.39 Å². The van der Waals surface area contributed by atoms with Crippen molar-refractivity contribution < 1.29 is 13.9 Å². The van der Waals surface area contributed by atoms with Gasteiger partial charge in [-0.25, -0.2) is 13.6 Å². The van der Waals surface area contributed by atoms with Crippen molar-refractivity contribution in [1.82, 2.24) is 19.9 Å². The Morgan fingerprint density at radius 1 is 1.19 bits per heavy atom. The number of nitrogens with two attached hydrogens (primary N) is 2. The monoisotopic (exact) mass is 613 g/mol.